The summed E-state index contributed by atoms with van der Waals surface area (Å²) in [6, 6.07) is 0. The Morgan fingerprint density at radius 1 is 1.38 bits per heavy atom. The van der Waals surface area contributed by atoms with Gasteiger partial charge in [0, 0.05) is 33.1 Å². The number of hydrogen-bond acceptors (Lipinski definition) is 4. The standard InChI is InChI=1S/C18H24FN3O4/c1-11(23)20-6-9-22-10-18-5-2-13(26-18)14(15(18)17(22)25)16(24)21-7-3-12(19)4-8-21/h2,5,12-15H,3-4,6-10H2,1H3,(H,20,23)/t13-,14-,15+,18-/m0/s1. The van der Waals surface area contributed by atoms with Gasteiger partial charge in [0.05, 0.1) is 24.5 Å². The number of rotatable bonds is 4. The van der Waals surface area contributed by atoms with Gasteiger partial charge in [-0.25, -0.2) is 4.39 Å². The van der Waals surface area contributed by atoms with E-state index in [1.807, 2.05) is 12.2 Å². The van der Waals surface area contributed by atoms with Crippen molar-refractivity contribution in [3.05, 3.63) is 12.2 Å². The minimum absolute atomic E-state index is 0.0964. The van der Waals surface area contributed by atoms with Gasteiger partial charge in [-0.3, -0.25) is 14.4 Å². The lowest BCUT2D eigenvalue weighted by atomic mass is 9.76. The molecule has 2 bridgehead atoms. The second kappa shape index (κ2) is 6.33. The Labute approximate surface area is 151 Å². The number of fused-ring (bicyclic) bond motifs is 1. The molecule has 0 aromatic heterocycles. The molecule has 3 amide bonds. The van der Waals surface area contributed by atoms with Crippen molar-refractivity contribution in [3.8, 4) is 0 Å². The van der Waals surface area contributed by atoms with Crippen LogP contribution in [0.1, 0.15) is 19.8 Å². The molecule has 8 heteroatoms. The Hall–Kier alpha value is -1.96. The highest BCUT2D eigenvalue weighted by Crippen LogP contribution is 2.52. The molecule has 4 rings (SSSR count). The summed E-state index contributed by atoms with van der Waals surface area (Å²) in [5, 5.41) is 2.69. The van der Waals surface area contributed by atoms with Crippen LogP contribution in [0.25, 0.3) is 0 Å². The maximum absolute atomic E-state index is 13.4. The van der Waals surface area contributed by atoms with Gasteiger partial charge in [0.25, 0.3) is 0 Å². The Balaban J connectivity index is 1.48. The van der Waals surface area contributed by atoms with Crippen LogP contribution in [0, 0.1) is 11.8 Å². The van der Waals surface area contributed by atoms with Crippen LogP contribution < -0.4 is 5.32 Å². The molecule has 142 valence electrons. The van der Waals surface area contributed by atoms with Gasteiger partial charge in [0.1, 0.15) is 11.8 Å². The van der Waals surface area contributed by atoms with Gasteiger partial charge in [-0.05, 0) is 12.8 Å². The normalized spacial score (nSPS) is 35.9. The lowest BCUT2D eigenvalue weighted by Crippen LogP contribution is -2.48. The third-order valence-electron chi connectivity index (χ3n) is 5.96. The molecule has 0 unspecified atom stereocenters. The first-order chi connectivity index (χ1) is 12.4. The number of carbonyl (C=O) groups excluding carboxylic acids is 3. The highest BCUT2D eigenvalue weighted by atomic mass is 19.1. The number of amides is 3. The minimum atomic E-state index is -0.848. The second-order valence-corrected chi connectivity index (χ2v) is 7.64. The average Bonchev–Trinajstić information content (AvgIpc) is 3.23. The summed E-state index contributed by atoms with van der Waals surface area (Å²) < 4.78 is 19.5. The Kier molecular flexibility index (Phi) is 4.25. The highest BCUT2D eigenvalue weighted by Gasteiger charge is 2.67. The van der Waals surface area contributed by atoms with E-state index in [1.54, 1.807) is 9.80 Å². The summed E-state index contributed by atoms with van der Waals surface area (Å²) >= 11 is 0. The number of halogens is 1. The van der Waals surface area contributed by atoms with E-state index in [-0.39, 0.29) is 23.8 Å². The summed E-state index contributed by atoms with van der Waals surface area (Å²) in [4.78, 5) is 40.4. The van der Waals surface area contributed by atoms with Crippen LogP contribution in [0.2, 0.25) is 0 Å². The van der Waals surface area contributed by atoms with Crippen molar-refractivity contribution in [1.29, 1.82) is 0 Å². The predicted octanol–water partition coefficient (Wildman–Crippen LogP) is -0.135. The van der Waals surface area contributed by atoms with E-state index in [1.165, 1.54) is 6.92 Å². The fourth-order valence-corrected chi connectivity index (χ4v) is 4.70. The van der Waals surface area contributed by atoms with Gasteiger partial charge in [0.2, 0.25) is 17.7 Å². The number of alkyl halides is 1. The molecule has 1 N–H and O–H groups in total. The number of likely N-dealkylation sites (tertiary alicyclic amines) is 2. The number of nitrogens with zero attached hydrogens (tertiary/aromatic N) is 2. The fourth-order valence-electron chi connectivity index (χ4n) is 4.70. The zero-order valence-corrected chi connectivity index (χ0v) is 14.8. The molecule has 0 aromatic carbocycles. The number of piperidine rings is 1. The van der Waals surface area contributed by atoms with E-state index in [0.29, 0.717) is 45.6 Å². The van der Waals surface area contributed by atoms with E-state index >= 15 is 0 Å². The molecule has 7 nitrogen and oxygen atoms in total. The average molecular weight is 365 g/mol. The van der Waals surface area contributed by atoms with Crippen molar-refractivity contribution in [2.24, 2.45) is 11.8 Å². The van der Waals surface area contributed by atoms with Crippen LogP contribution >= 0.6 is 0 Å². The van der Waals surface area contributed by atoms with Crippen LogP contribution in [0.5, 0.6) is 0 Å². The van der Waals surface area contributed by atoms with Crippen molar-refractivity contribution in [3.63, 3.8) is 0 Å². The zero-order chi connectivity index (χ0) is 18.5. The topological polar surface area (TPSA) is 79.0 Å². The summed E-state index contributed by atoms with van der Waals surface area (Å²) in [5.41, 5.74) is -0.739. The van der Waals surface area contributed by atoms with Crippen LogP contribution in [-0.4, -0.2) is 78.1 Å². The van der Waals surface area contributed by atoms with E-state index in [0.717, 1.165) is 0 Å². The van der Waals surface area contributed by atoms with Crippen molar-refractivity contribution in [2.45, 2.75) is 37.6 Å². The fraction of sp³-hybridized carbons (Fsp3) is 0.722. The summed E-state index contributed by atoms with van der Waals surface area (Å²) in [6.07, 6.45) is 3.27. The molecule has 0 aliphatic carbocycles. The van der Waals surface area contributed by atoms with Gasteiger partial charge in [-0.2, -0.15) is 0 Å². The molecule has 3 saturated heterocycles. The molecule has 0 aromatic rings. The van der Waals surface area contributed by atoms with Gasteiger partial charge >= 0.3 is 0 Å². The number of nitrogens with one attached hydrogen (secondary N) is 1. The van der Waals surface area contributed by atoms with Gasteiger partial charge < -0.3 is 19.9 Å². The molecule has 3 fully saturated rings. The smallest absolute Gasteiger partial charge is 0.230 e. The van der Waals surface area contributed by atoms with Crippen molar-refractivity contribution < 1.29 is 23.5 Å². The van der Waals surface area contributed by atoms with E-state index in [2.05, 4.69) is 5.32 Å². The molecule has 26 heavy (non-hydrogen) atoms. The lowest BCUT2D eigenvalue weighted by Gasteiger charge is -2.33. The monoisotopic (exact) mass is 365 g/mol. The molecule has 4 heterocycles. The third-order valence-corrected chi connectivity index (χ3v) is 5.96. The lowest BCUT2D eigenvalue weighted by molar-refractivity contribution is -0.144. The number of carbonyl (C=O) groups is 3. The van der Waals surface area contributed by atoms with Gasteiger partial charge in [-0.15, -0.1) is 0 Å². The quantitative estimate of drug-likeness (QED) is 0.704. The first-order valence-electron chi connectivity index (χ1n) is 9.24. The van der Waals surface area contributed by atoms with Crippen LogP contribution in [0.3, 0.4) is 0 Å². The summed E-state index contributed by atoms with van der Waals surface area (Å²) in [7, 11) is 0. The minimum Gasteiger partial charge on any atom is -0.360 e. The molecule has 1 spiro atoms. The largest absolute Gasteiger partial charge is 0.360 e. The van der Waals surface area contributed by atoms with Gasteiger partial charge in [-0.1, -0.05) is 12.2 Å². The maximum Gasteiger partial charge on any atom is 0.230 e. The first-order valence-corrected chi connectivity index (χ1v) is 9.24. The third kappa shape index (κ3) is 2.71. The molecule has 0 saturated carbocycles. The summed E-state index contributed by atoms with van der Waals surface area (Å²) in [6.45, 7) is 3.40. The number of ether oxygens (including phenoxy) is 1. The Morgan fingerprint density at radius 3 is 2.81 bits per heavy atom. The van der Waals surface area contributed by atoms with E-state index in [9.17, 15) is 18.8 Å². The van der Waals surface area contributed by atoms with Crippen LogP contribution in [-0.2, 0) is 19.1 Å². The van der Waals surface area contributed by atoms with Crippen LogP contribution in [0.15, 0.2) is 12.2 Å². The Morgan fingerprint density at radius 2 is 2.12 bits per heavy atom. The van der Waals surface area contributed by atoms with Crippen molar-refractivity contribution in [1.82, 2.24) is 15.1 Å². The molecule has 0 radical (unpaired) electrons. The molecule has 4 aliphatic rings. The van der Waals surface area contributed by atoms with E-state index in [4.69, 9.17) is 4.74 Å². The summed E-state index contributed by atoms with van der Waals surface area (Å²) in [5.74, 6) is -1.40. The SMILES string of the molecule is CC(=O)NCCN1C[C@]23C=C[C@H](O2)[C@H](C(=O)N2CCC(F)CC2)[C@@H]3C1=O. The number of hydrogen-bond donors (Lipinski definition) is 1. The molecule has 4 atom stereocenters. The predicted molar refractivity (Wildman–Crippen MR) is 89.7 cm³/mol. The van der Waals surface area contributed by atoms with E-state index < -0.39 is 23.6 Å². The first kappa shape index (κ1) is 17.5. The highest BCUT2D eigenvalue weighted by molar-refractivity contribution is 5.93. The molecule has 4 aliphatic heterocycles. The van der Waals surface area contributed by atoms with Crippen LogP contribution in [0.4, 0.5) is 4.39 Å². The Bertz CT molecular complexity index is 661. The molecular formula is C18H24FN3O4. The van der Waals surface area contributed by atoms with Gasteiger partial charge in [0.15, 0.2) is 0 Å². The molecular weight excluding hydrogens is 341 g/mol. The van der Waals surface area contributed by atoms with Crippen molar-refractivity contribution in [2.75, 3.05) is 32.7 Å². The van der Waals surface area contributed by atoms with Crippen molar-refractivity contribution >= 4 is 17.7 Å². The zero-order valence-electron chi connectivity index (χ0n) is 14.8. The maximum atomic E-state index is 13.4. The second-order valence-electron chi connectivity index (χ2n) is 7.64.